The smallest absolute Gasteiger partial charge is 0.151 e. The van der Waals surface area contributed by atoms with Crippen LogP contribution in [0.1, 0.15) is 0 Å². The van der Waals surface area contributed by atoms with Crippen LogP contribution in [0, 0.1) is 17.0 Å². The molecule has 0 aliphatic carbocycles. The van der Waals surface area contributed by atoms with Crippen LogP contribution in [0.15, 0.2) is 0 Å². The van der Waals surface area contributed by atoms with Gasteiger partial charge in [-0.1, -0.05) is 0 Å². The van der Waals surface area contributed by atoms with Gasteiger partial charge in [-0.2, -0.15) is 0 Å². The third kappa shape index (κ3) is 1.63. The van der Waals surface area contributed by atoms with Crippen molar-refractivity contribution < 1.29 is 4.81 Å². The van der Waals surface area contributed by atoms with Gasteiger partial charge in [-0.05, 0) is 0 Å². The number of hydrogen-bond donors (Lipinski definition) is 0. The van der Waals surface area contributed by atoms with Crippen LogP contribution in [0.3, 0.4) is 0 Å². The van der Waals surface area contributed by atoms with Gasteiger partial charge >= 0.3 is 0 Å². The highest BCUT2D eigenvalue weighted by Crippen LogP contribution is 2.17. The quantitative estimate of drug-likeness (QED) is 0.361. The summed E-state index contributed by atoms with van der Waals surface area (Å²) in [6.07, 6.45) is 0. The lowest BCUT2D eigenvalue weighted by molar-refractivity contribution is -0.795. The number of hydrogen-bond acceptors (Lipinski definition) is 3. The summed E-state index contributed by atoms with van der Waals surface area (Å²) in [6.45, 7) is 1.43. The van der Waals surface area contributed by atoms with E-state index in [1.807, 2.05) is 0 Å². The van der Waals surface area contributed by atoms with E-state index in [1.165, 1.54) is 6.54 Å². The molecule has 47 valence electrons. The Morgan fingerprint density at radius 3 is 2.50 bits per heavy atom. The van der Waals surface area contributed by atoms with Crippen LogP contribution in [-0.4, -0.2) is 22.9 Å². The molecule has 8 heavy (non-hydrogen) atoms. The average molecular weight is 133 g/mol. The van der Waals surface area contributed by atoms with E-state index in [-0.39, 0.29) is 6.54 Å². The average Bonchev–Trinajstić information content (AvgIpc) is 1.65. The molecule has 0 atom stereocenters. The Balaban J connectivity index is 2.33. The molecule has 0 aromatic heterocycles. The second kappa shape index (κ2) is 2.23. The third-order valence-electron chi connectivity index (χ3n) is 1.02. The molecule has 1 fully saturated rings. The van der Waals surface area contributed by atoms with Crippen molar-refractivity contribution >= 4 is 11.8 Å². The van der Waals surface area contributed by atoms with Crippen LogP contribution >= 0.6 is 11.8 Å². The van der Waals surface area contributed by atoms with Gasteiger partial charge < -0.3 is 15.2 Å². The Bertz CT molecular complexity index is 78.1. The van der Waals surface area contributed by atoms with Crippen LogP contribution in [-0.2, 0) is 0 Å². The van der Waals surface area contributed by atoms with Crippen molar-refractivity contribution in [1.82, 2.24) is 0 Å². The van der Waals surface area contributed by atoms with Gasteiger partial charge in [0.05, 0.1) is 12.3 Å². The largest absolute Gasteiger partial charge is 0.631 e. The van der Waals surface area contributed by atoms with Crippen molar-refractivity contribution in [2.24, 2.45) is 0 Å². The maximum absolute atomic E-state index is 10.4. The summed E-state index contributed by atoms with van der Waals surface area (Å²) < 4.78 is 0. The summed E-state index contributed by atoms with van der Waals surface area (Å²) >= 11 is 1.63. The fraction of sp³-hybridized carbons (Fsp3) is 0.750. The summed E-state index contributed by atoms with van der Waals surface area (Å²) in [5.41, 5.74) is 0. The summed E-state index contributed by atoms with van der Waals surface area (Å²) in [6, 6.07) is 0. The lowest BCUT2D eigenvalue weighted by Crippen LogP contribution is -2.38. The fourth-order valence-corrected chi connectivity index (χ4v) is 1.42. The van der Waals surface area contributed by atoms with Crippen molar-refractivity contribution in [3.8, 4) is 0 Å². The first-order valence-corrected chi connectivity index (χ1v) is 3.58. The minimum absolute atomic E-state index is 0.185. The van der Waals surface area contributed by atoms with Gasteiger partial charge in [-0.25, -0.2) is 0 Å². The molecular formula is C4H7NO2S-. The molecule has 4 heteroatoms. The zero-order chi connectivity index (χ0) is 6.04. The van der Waals surface area contributed by atoms with Crippen molar-refractivity contribution in [1.29, 1.82) is 0 Å². The van der Waals surface area contributed by atoms with E-state index >= 15 is 0 Å². The highest BCUT2D eigenvalue weighted by Gasteiger charge is 2.11. The first-order valence-electron chi connectivity index (χ1n) is 2.43. The van der Waals surface area contributed by atoms with Gasteiger partial charge in [0.1, 0.15) is 0 Å². The molecule has 1 saturated heterocycles. The fourth-order valence-electron chi connectivity index (χ4n) is 0.533. The van der Waals surface area contributed by atoms with Gasteiger partial charge in [0, 0.05) is 5.75 Å². The molecule has 0 aromatic rings. The van der Waals surface area contributed by atoms with Crippen molar-refractivity contribution in [2.45, 2.75) is 0 Å². The number of quaternary nitrogens is 1. The number of rotatable bonds is 0. The minimum atomic E-state index is -1.40. The monoisotopic (exact) mass is 133 g/mol. The number of nitrogens with zero attached hydrogens (tertiary/aromatic N) is 1. The molecule has 0 amide bonds. The maximum atomic E-state index is 10.4. The Hall–Kier alpha value is 0.230. The Morgan fingerprint density at radius 2 is 2.25 bits per heavy atom. The maximum Gasteiger partial charge on any atom is 0.151 e. The Labute approximate surface area is 52.4 Å². The second-order valence-electron chi connectivity index (χ2n) is 1.71. The van der Waals surface area contributed by atoms with Crippen LogP contribution < -0.4 is 0 Å². The van der Waals surface area contributed by atoms with E-state index in [0.717, 1.165) is 0 Å². The standard InChI is InChI=1S/C4H7NO2S/c6-5(7)1-3-8-4-2-5/h1H,2-4H2/q-1. The molecule has 0 N–H and O–H groups in total. The predicted molar refractivity (Wildman–Crippen MR) is 33.5 cm³/mol. The molecule has 1 heterocycles. The van der Waals surface area contributed by atoms with Crippen LogP contribution in [0.5, 0.6) is 0 Å². The van der Waals surface area contributed by atoms with E-state index < -0.39 is 4.81 Å². The van der Waals surface area contributed by atoms with E-state index in [1.54, 1.807) is 11.8 Å². The summed E-state index contributed by atoms with van der Waals surface area (Å²) in [4.78, 5) is -1.40. The third-order valence-corrected chi connectivity index (χ3v) is 1.87. The molecule has 0 spiro atoms. The van der Waals surface area contributed by atoms with Crippen molar-refractivity contribution in [2.75, 3.05) is 18.1 Å². The molecule has 1 aliphatic heterocycles. The van der Waals surface area contributed by atoms with Gasteiger partial charge in [0.25, 0.3) is 0 Å². The molecule has 1 radical (unpaired) electrons. The van der Waals surface area contributed by atoms with Crippen LogP contribution in [0.4, 0.5) is 0 Å². The first kappa shape index (κ1) is 6.35. The molecule has 3 nitrogen and oxygen atoms in total. The van der Waals surface area contributed by atoms with E-state index in [4.69, 9.17) is 0 Å². The van der Waals surface area contributed by atoms with Gasteiger partial charge in [-0.15, -0.1) is 11.8 Å². The van der Waals surface area contributed by atoms with Crippen LogP contribution in [0.2, 0.25) is 0 Å². The summed E-state index contributed by atoms with van der Waals surface area (Å²) in [5.74, 6) is 1.30. The zero-order valence-electron chi connectivity index (χ0n) is 4.37. The molecule has 0 saturated carbocycles. The Kier molecular flexibility index (Phi) is 1.77. The second-order valence-corrected chi connectivity index (χ2v) is 2.86. The van der Waals surface area contributed by atoms with Gasteiger partial charge in [0.15, 0.2) is 6.54 Å². The van der Waals surface area contributed by atoms with Crippen molar-refractivity contribution in [3.63, 3.8) is 0 Å². The molecule has 0 unspecified atom stereocenters. The highest BCUT2D eigenvalue weighted by molar-refractivity contribution is 7.99. The molecule has 1 aliphatic rings. The Morgan fingerprint density at radius 1 is 1.50 bits per heavy atom. The molecule has 0 aromatic carbocycles. The van der Waals surface area contributed by atoms with E-state index in [0.29, 0.717) is 11.5 Å². The van der Waals surface area contributed by atoms with E-state index in [9.17, 15) is 10.4 Å². The lowest BCUT2D eigenvalue weighted by Gasteiger charge is -2.48. The molecular weight excluding hydrogens is 126 g/mol. The number of thioether (sulfide) groups is 1. The molecule has 1 rings (SSSR count). The van der Waals surface area contributed by atoms with Crippen molar-refractivity contribution in [3.05, 3.63) is 17.0 Å². The van der Waals surface area contributed by atoms with Gasteiger partial charge in [-0.3, -0.25) is 0 Å². The highest BCUT2D eigenvalue weighted by atomic mass is 32.2. The number of hydroxylamine groups is 4. The molecule has 0 bridgehead atoms. The van der Waals surface area contributed by atoms with Gasteiger partial charge in [0.2, 0.25) is 0 Å². The topological polar surface area (TPSA) is 46.1 Å². The minimum Gasteiger partial charge on any atom is -0.631 e. The summed E-state index contributed by atoms with van der Waals surface area (Å²) in [5, 5.41) is 20.9. The zero-order valence-corrected chi connectivity index (χ0v) is 5.19. The summed E-state index contributed by atoms with van der Waals surface area (Å²) in [7, 11) is 0. The normalized spacial score (nSPS) is 27.8. The SMILES string of the molecule is [O-][N+]1([O-])[CH]CSCC1. The van der Waals surface area contributed by atoms with E-state index in [2.05, 4.69) is 0 Å². The van der Waals surface area contributed by atoms with Crippen LogP contribution in [0.25, 0.3) is 0 Å². The lowest BCUT2D eigenvalue weighted by atomic mass is 10.6. The predicted octanol–water partition coefficient (Wildman–Crippen LogP) is 0.707. The first-order chi connectivity index (χ1) is 3.71.